The van der Waals surface area contributed by atoms with Gasteiger partial charge in [0.1, 0.15) is 11.1 Å². The Morgan fingerprint density at radius 3 is 2.36 bits per heavy atom. The maximum atomic E-state index is 15.4. The Kier molecular flexibility index (Phi) is 7.87. The Morgan fingerprint density at radius 2 is 1.67 bits per heavy atom. The van der Waals surface area contributed by atoms with Crippen molar-refractivity contribution in [2.24, 2.45) is 5.92 Å². The van der Waals surface area contributed by atoms with Crippen molar-refractivity contribution < 1.29 is 28.7 Å². The van der Waals surface area contributed by atoms with Gasteiger partial charge in [0, 0.05) is 29.0 Å². The number of hydrogen-bond donors (Lipinski definition) is 0. The summed E-state index contributed by atoms with van der Waals surface area (Å²) in [6.45, 7) is 4.33. The van der Waals surface area contributed by atoms with Crippen LogP contribution in [-0.2, 0) is 29.3 Å². The van der Waals surface area contributed by atoms with E-state index < -0.39 is 35.1 Å². The van der Waals surface area contributed by atoms with E-state index in [1.165, 1.54) is 14.2 Å². The molecule has 0 fully saturated rings. The van der Waals surface area contributed by atoms with E-state index in [1.54, 1.807) is 58.5 Å². The number of hydrogen-bond acceptors (Lipinski definition) is 7. The van der Waals surface area contributed by atoms with E-state index >= 15 is 9.59 Å². The highest BCUT2D eigenvalue weighted by atomic mass is 35.5. The summed E-state index contributed by atoms with van der Waals surface area (Å²) in [5, 5.41) is 0.369. The van der Waals surface area contributed by atoms with Crippen LogP contribution in [0.15, 0.2) is 84.2 Å². The molecule has 0 N–H and O–H groups in total. The molecule has 0 saturated carbocycles. The molecule has 3 aromatic rings. The molecule has 9 heteroatoms. The topological polar surface area (TPSA) is 93.2 Å². The Balaban J connectivity index is 1.80. The van der Waals surface area contributed by atoms with Gasteiger partial charge in [-0.15, -0.1) is 0 Å². The molecule has 0 radical (unpaired) electrons. The molecule has 0 aromatic heterocycles. The number of nitrogens with zero attached hydrogens (tertiary/aromatic N) is 2. The number of amides is 1. The molecule has 6 rings (SSSR count). The highest BCUT2D eigenvalue weighted by molar-refractivity contribution is 6.31. The number of ketones is 1. The quantitative estimate of drug-likeness (QED) is 0.229. The summed E-state index contributed by atoms with van der Waals surface area (Å²) < 4.78 is 10.5. The van der Waals surface area contributed by atoms with Crippen LogP contribution in [0.2, 0.25) is 5.02 Å². The van der Waals surface area contributed by atoms with Gasteiger partial charge < -0.3 is 19.3 Å². The van der Waals surface area contributed by atoms with E-state index in [1.807, 2.05) is 44.2 Å². The van der Waals surface area contributed by atoms with E-state index in [9.17, 15) is 9.59 Å². The monoisotopic (exact) mass is 624 g/mol. The van der Waals surface area contributed by atoms with Crippen molar-refractivity contribution in [3.63, 3.8) is 0 Å². The summed E-state index contributed by atoms with van der Waals surface area (Å²) in [6.07, 6.45) is 5.01. The number of benzene rings is 3. The number of anilines is 1. The predicted octanol–water partition coefficient (Wildman–Crippen LogP) is 6.17. The van der Waals surface area contributed by atoms with Crippen molar-refractivity contribution >= 4 is 47.0 Å². The number of Topliss-reactive ketones (excluding diaryl/α,β-unsaturated/α-hetero) is 1. The van der Waals surface area contributed by atoms with Crippen molar-refractivity contribution in [1.82, 2.24) is 4.90 Å². The summed E-state index contributed by atoms with van der Waals surface area (Å²) in [5.41, 5.74) is 1.74. The highest BCUT2D eigenvalue weighted by Gasteiger charge is 2.69. The molecule has 3 aliphatic heterocycles. The molecule has 1 amide bonds. The van der Waals surface area contributed by atoms with Gasteiger partial charge in [-0.3, -0.25) is 9.59 Å². The molecule has 0 bridgehead atoms. The number of carbonyl (C=O) groups is 4. The Bertz CT molecular complexity index is 1800. The first kappa shape index (κ1) is 30.3. The highest BCUT2D eigenvalue weighted by Crippen LogP contribution is 2.62. The summed E-state index contributed by atoms with van der Waals surface area (Å²) in [4.78, 5) is 61.5. The van der Waals surface area contributed by atoms with Gasteiger partial charge in [0.2, 0.25) is 5.91 Å². The van der Waals surface area contributed by atoms with Crippen LogP contribution in [0.1, 0.15) is 58.4 Å². The summed E-state index contributed by atoms with van der Waals surface area (Å²) in [5.74, 6) is -4.07. The molecular formula is C36H33ClN2O6. The van der Waals surface area contributed by atoms with Crippen molar-refractivity contribution in [2.75, 3.05) is 25.7 Å². The molecule has 230 valence electrons. The van der Waals surface area contributed by atoms with Gasteiger partial charge in [-0.05, 0) is 54.3 Å². The number of unbranched alkanes of at least 4 members (excludes halogenated alkanes) is 1. The standard InChI is InChI=1S/C36H33ClN2O6/c1-5-6-18-38-27-16-15-24(37)20-26(27)36(35(38)43)29(31(40)23-13-11-21(2)12-14-23)28(33(41)44-3)30(34(42)45-4)39-19-17-22-9-7-8-10-25(22)32(36)39/h7-17,19-20,29,32H,5-6,18H2,1-4H3/t29?,32-,36-/m1/s1. The Hall–Kier alpha value is -4.69. The first-order valence-corrected chi connectivity index (χ1v) is 15.3. The largest absolute Gasteiger partial charge is 0.466 e. The molecule has 3 atom stereocenters. The lowest BCUT2D eigenvalue weighted by Crippen LogP contribution is -2.61. The average molecular weight is 625 g/mol. The van der Waals surface area contributed by atoms with Gasteiger partial charge in [0.05, 0.1) is 31.8 Å². The van der Waals surface area contributed by atoms with E-state index in [2.05, 4.69) is 0 Å². The van der Waals surface area contributed by atoms with Gasteiger partial charge >= 0.3 is 11.9 Å². The maximum absolute atomic E-state index is 15.4. The summed E-state index contributed by atoms with van der Waals surface area (Å²) >= 11 is 6.67. The SMILES string of the molecule is CCCCN1C(=O)[C@]2(c3cc(Cl)ccc31)C(C(=O)c1ccc(C)cc1)C(C(=O)OC)=C(C(=O)OC)N1C=Cc3ccccc3[C@@H]12. The van der Waals surface area contributed by atoms with Crippen molar-refractivity contribution in [1.29, 1.82) is 0 Å². The molecule has 8 nitrogen and oxygen atoms in total. The fourth-order valence-corrected chi connectivity index (χ4v) is 7.27. The number of halogens is 1. The first-order chi connectivity index (χ1) is 21.7. The van der Waals surface area contributed by atoms with Crippen molar-refractivity contribution in [3.8, 4) is 0 Å². The minimum Gasteiger partial charge on any atom is -0.466 e. The van der Waals surface area contributed by atoms with Gasteiger partial charge in [0.15, 0.2) is 5.78 Å². The lowest BCUT2D eigenvalue weighted by molar-refractivity contribution is -0.144. The predicted molar refractivity (Wildman–Crippen MR) is 171 cm³/mol. The normalized spacial score (nSPS) is 21.4. The van der Waals surface area contributed by atoms with Crippen LogP contribution in [0.4, 0.5) is 5.69 Å². The fraction of sp³-hybridized carbons (Fsp3) is 0.278. The Morgan fingerprint density at radius 1 is 0.956 bits per heavy atom. The number of carbonyl (C=O) groups excluding carboxylic acids is 4. The van der Waals surface area contributed by atoms with E-state index in [0.29, 0.717) is 34.8 Å². The number of ether oxygens (including phenoxy) is 2. The minimum absolute atomic E-state index is 0.153. The Labute approximate surface area is 266 Å². The lowest BCUT2D eigenvalue weighted by atomic mass is 9.56. The second-order valence-corrected chi connectivity index (χ2v) is 11.9. The summed E-state index contributed by atoms with van der Waals surface area (Å²) in [6, 6.07) is 18.8. The molecule has 3 heterocycles. The number of aryl methyl sites for hydroxylation is 1. The fourth-order valence-electron chi connectivity index (χ4n) is 7.10. The lowest BCUT2D eigenvalue weighted by Gasteiger charge is -2.52. The molecule has 1 spiro atoms. The zero-order valence-corrected chi connectivity index (χ0v) is 26.3. The van der Waals surface area contributed by atoms with Gasteiger partial charge in [-0.1, -0.05) is 79.0 Å². The van der Waals surface area contributed by atoms with Crippen LogP contribution in [0, 0.1) is 12.8 Å². The number of esters is 2. The van der Waals surface area contributed by atoms with E-state index in [0.717, 1.165) is 17.5 Å². The number of fused-ring (bicyclic) bond motifs is 6. The number of methoxy groups -OCH3 is 2. The molecule has 3 aliphatic rings. The van der Waals surface area contributed by atoms with Crippen LogP contribution >= 0.6 is 11.6 Å². The van der Waals surface area contributed by atoms with Crippen LogP contribution < -0.4 is 4.90 Å². The minimum atomic E-state index is -1.72. The van der Waals surface area contributed by atoms with Crippen LogP contribution in [0.3, 0.4) is 0 Å². The molecule has 0 aliphatic carbocycles. The van der Waals surface area contributed by atoms with E-state index in [4.69, 9.17) is 21.1 Å². The average Bonchev–Trinajstić information content (AvgIpc) is 3.28. The third-order valence-electron chi connectivity index (χ3n) is 9.08. The smallest absolute Gasteiger partial charge is 0.355 e. The molecule has 45 heavy (non-hydrogen) atoms. The van der Waals surface area contributed by atoms with Crippen LogP contribution in [0.25, 0.3) is 6.08 Å². The zero-order chi connectivity index (χ0) is 32.0. The third-order valence-corrected chi connectivity index (χ3v) is 9.32. The first-order valence-electron chi connectivity index (χ1n) is 14.9. The zero-order valence-electron chi connectivity index (χ0n) is 25.5. The van der Waals surface area contributed by atoms with Gasteiger partial charge in [-0.25, -0.2) is 9.59 Å². The van der Waals surface area contributed by atoms with Crippen LogP contribution in [0.5, 0.6) is 0 Å². The molecule has 0 saturated heterocycles. The number of rotatable bonds is 7. The molecular weight excluding hydrogens is 592 g/mol. The maximum Gasteiger partial charge on any atom is 0.355 e. The van der Waals surface area contributed by atoms with Crippen molar-refractivity contribution in [2.45, 2.75) is 38.1 Å². The second-order valence-electron chi connectivity index (χ2n) is 11.5. The van der Waals surface area contributed by atoms with Crippen molar-refractivity contribution in [3.05, 3.63) is 117 Å². The van der Waals surface area contributed by atoms with Gasteiger partial charge in [0.25, 0.3) is 0 Å². The second kappa shape index (κ2) is 11.7. The van der Waals surface area contributed by atoms with Gasteiger partial charge in [-0.2, -0.15) is 0 Å². The molecule has 3 aromatic carbocycles. The van der Waals surface area contributed by atoms with E-state index in [-0.39, 0.29) is 22.7 Å². The van der Waals surface area contributed by atoms with Crippen LogP contribution in [-0.4, -0.2) is 49.3 Å². The summed E-state index contributed by atoms with van der Waals surface area (Å²) in [7, 11) is 2.40. The third kappa shape index (κ3) is 4.50. The molecule has 1 unspecified atom stereocenters.